The topological polar surface area (TPSA) is 491 Å². The van der Waals surface area contributed by atoms with Crippen molar-refractivity contribution in [3.63, 3.8) is 0 Å². The van der Waals surface area contributed by atoms with Crippen LogP contribution < -0.4 is 69.2 Å². The van der Waals surface area contributed by atoms with Gasteiger partial charge in [-0.15, -0.1) is 0 Å². The predicted octanol–water partition coefficient (Wildman–Crippen LogP) is -23.7. The molecule has 0 fully saturated rings. The minimum atomic E-state index is -2.67. The van der Waals surface area contributed by atoms with Crippen LogP contribution in [0.4, 0.5) is 0 Å². The van der Waals surface area contributed by atoms with Gasteiger partial charge < -0.3 is 121 Å². The van der Waals surface area contributed by atoms with Crippen molar-refractivity contribution >= 4 is 58.6 Å². The average Bonchev–Trinajstić information content (AvgIpc) is 2.30. The van der Waals surface area contributed by atoms with Crippen molar-refractivity contribution in [2.75, 3.05) is 0 Å². The molecule has 192 valence electrons. The first-order valence-electron chi connectivity index (χ1n) is 6.15. The molecule has 0 aromatic carbocycles. The molecule has 22 N–H and O–H groups in total. The zero-order chi connectivity index (χ0) is 28.6. The summed E-state index contributed by atoms with van der Waals surface area (Å²) in [7, 11) is -17.8. The number of rotatable bonds is 0. The summed E-state index contributed by atoms with van der Waals surface area (Å²) in [5, 5.41) is 174. The Morgan fingerprint density at radius 1 is 0.235 bits per heavy atom. The van der Waals surface area contributed by atoms with Crippen LogP contribution in [0.5, 0.6) is 0 Å². The van der Waals surface area contributed by atoms with E-state index in [4.69, 9.17) is 121 Å². The third-order valence-corrected chi connectivity index (χ3v) is 0. The second-order valence-electron chi connectivity index (χ2n) is 2.73. The summed E-state index contributed by atoms with van der Waals surface area (Å²) >= 11 is 0. The molecule has 0 atom stereocenters. The van der Waals surface area contributed by atoms with Crippen LogP contribution in [0.1, 0.15) is 0 Å². The molecule has 0 spiro atoms. The van der Waals surface area contributed by atoms with E-state index in [1.54, 1.807) is 0 Å². The molecule has 0 aliphatic carbocycles. The van der Waals surface area contributed by atoms with E-state index >= 15 is 0 Å². The summed E-state index contributed by atoms with van der Waals surface area (Å²) < 4.78 is 0. The fourth-order valence-electron chi connectivity index (χ4n) is 0. The van der Waals surface area contributed by atoms with Gasteiger partial charge in [-0.05, 0) is 0 Å². The van der Waals surface area contributed by atoms with Crippen molar-refractivity contribution in [3.05, 3.63) is 0 Å². The zero-order valence-corrected chi connectivity index (χ0v) is 21.3. The Balaban J connectivity index is -0.0000000240. The minimum absolute atomic E-state index is 0. The first-order valence-corrected chi connectivity index (χ1v) is 6.15. The van der Waals surface area contributed by atoms with Crippen molar-refractivity contribution in [1.82, 2.24) is 0 Å². The van der Waals surface area contributed by atoms with Gasteiger partial charge in [0.15, 0.2) is 0 Å². The predicted molar refractivity (Wildman–Crippen MR) is 94.8 cm³/mol. The zero-order valence-electron chi connectivity index (χ0n) is 17.3. The van der Waals surface area contributed by atoms with Crippen LogP contribution in [0.3, 0.4) is 0 Å². The molecule has 0 saturated carbocycles. The standard InChI is InChI=1S/7BH3O3.BHO3.2Na/c8*2-1(3)4;;/h7*2-4H;2H;;/q;;;;;;;-2;2*+1. The van der Waals surface area contributed by atoms with E-state index < -0.39 is 58.6 Å². The quantitative estimate of drug-likeness (QED) is 0.127. The molecule has 0 aliphatic heterocycles. The maximum Gasteiger partial charge on any atom is 1.00 e. The van der Waals surface area contributed by atoms with Gasteiger partial charge in [0.1, 0.15) is 0 Å². The molecule has 34 heavy (non-hydrogen) atoms. The molecule has 0 radical (unpaired) electrons. The van der Waals surface area contributed by atoms with Crippen LogP contribution in [0.2, 0.25) is 0 Å². The maximum atomic E-state index is 8.53. The van der Waals surface area contributed by atoms with Crippen LogP contribution in [-0.4, -0.2) is 169 Å². The normalized spacial score (nSPS) is 6.35. The first kappa shape index (κ1) is 65.0. The van der Waals surface area contributed by atoms with Gasteiger partial charge in [0, 0.05) is 0 Å². The molecule has 0 heterocycles. The molecule has 0 aliphatic rings. The van der Waals surface area contributed by atoms with Crippen LogP contribution in [0.25, 0.3) is 0 Å². The Morgan fingerprint density at radius 3 is 0.235 bits per heavy atom. The summed E-state index contributed by atoms with van der Waals surface area (Å²) in [6.45, 7) is 0. The maximum absolute atomic E-state index is 8.53. The van der Waals surface area contributed by atoms with Gasteiger partial charge in [0.25, 0.3) is 0 Å². The Kier molecular flexibility index (Phi) is 114. The molecule has 0 aromatic heterocycles. The van der Waals surface area contributed by atoms with Crippen molar-refractivity contribution in [2.45, 2.75) is 0 Å². The molecule has 0 unspecified atom stereocenters. The third-order valence-electron chi connectivity index (χ3n) is 0. The van der Waals surface area contributed by atoms with Gasteiger partial charge in [0.2, 0.25) is 0 Å². The Hall–Kier alpha value is 1.56. The average molecular weight is 539 g/mol. The Labute approximate surface area is 237 Å². The van der Waals surface area contributed by atoms with Gasteiger partial charge in [0.05, 0.1) is 7.32 Å². The second kappa shape index (κ2) is 59.6. The van der Waals surface area contributed by atoms with Gasteiger partial charge in [-0.1, -0.05) is 0 Å². The van der Waals surface area contributed by atoms with Crippen molar-refractivity contribution < 1.29 is 180 Å². The molecule has 0 amide bonds. The van der Waals surface area contributed by atoms with Gasteiger partial charge in [-0.3, -0.25) is 0 Å². The summed E-state index contributed by atoms with van der Waals surface area (Å²) in [5.74, 6) is 0. The first-order chi connectivity index (χ1) is 13.9. The van der Waals surface area contributed by atoms with Gasteiger partial charge in [-0.2, -0.15) is 0 Å². The summed E-state index contributed by atoms with van der Waals surface area (Å²) in [6.07, 6.45) is 0. The number of hydrogen-bond acceptors (Lipinski definition) is 24. The van der Waals surface area contributed by atoms with Gasteiger partial charge >= 0.3 is 110 Å². The van der Waals surface area contributed by atoms with Crippen LogP contribution in [-0.2, 0) is 0 Å². The summed E-state index contributed by atoms with van der Waals surface area (Å²) in [6, 6.07) is 0. The van der Waals surface area contributed by atoms with Crippen molar-refractivity contribution in [2.24, 2.45) is 0 Å². The SMILES string of the molecule is OB(O)O.OB(O)O.OB(O)O.OB(O)O.OB(O)O.OB(O)O.OB(O)O.[Na+].[Na+].[O-]B([O-])O. The van der Waals surface area contributed by atoms with Crippen LogP contribution in [0, 0.1) is 0 Å². The Bertz CT molecular complexity index is 147. The van der Waals surface area contributed by atoms with E-state index in [9.17, 15) is 0 Å². The second-order valence-corrected chi connectivity index (χ2v) is 2.73. The third kappa shape index (κ3) is 14600. The molecule has 24 nitrogen and oxygen atoms in total. The van der Waals surface area contributed by atoms with E-state index in [1.165, 1.54) is 0 Å². The van der Waals surface area contributed by atoms with E-state index in [-0.39, 0.29) is 59.1 Å². The van der Waals surface area contributed by atoms with E-state index in [0.29, 0.717) is 0 Å². The fraction of sp³-hybridized carbons (Fsp3) is 0. The monoisotopic (exact) mass is 540 g/mol. The molecule has 0 bridgehead atoms. The summed E-state index contributed by atoms with van der Waals surface area (Å²) in [5.41, 5.74) is 0. The van der Waals surface area contributed by atoms with Crippen molar-refractivity contribution in [1.29, 1.82) is 0 Å². The van der Waals surface area contributed by atoms with Crippen LogP contribution in [0.15, 0.2) is 0 Å². The minimum Gasteiger partial charge on any atom is -0.871 e. The molecular weight excluding hydrogens is 516 g/mol. The summed E-state index contributed by atoms with van der Waals surface area (Å²) in [4.78, 5) is 0. The van der Waals surface area contributed by atoms with E-state index in [1.807, 2.05) is 0 Å². The van der Waals surface area contributed by atoms with Crippen LogP contribution >= 0.6 is 0 Å². The molecule has 0 saturated heterocycles. The van der Waals surface area contributed by atoms with E-state index in [2.05, 4.69) is 0 Å². The van der Waals surface area contributed by atoms with Gasteiger partial charge in [-0.25, -0.2) is 0 Å². The van der Waals surface area contributed by atoms with E-state index in [0.717, 1.165) is 0 Å². The smallest absolute Gasteiger partial charge is 0.871 e. The Morgan fingerprint density at radius 2 is 0.235 bits per heavy atom. The largest absolute Gasteiger partial charge is 1.00 e. The molecule has 0 rings (SSSR count). The van der Waals surface area contributed by atoms with Crippen molar-refractivity contribution in [3.8, 4) is 0 Å². The molecular formula is H22B8Na2O24. The fourth-order valence-corrected chi connectivity index (χ4v) is 0. The molecule has 34 heteroatoms. The number of hydrogen-bond donors (Lipinski definition) is 22. The molecule has 0 aromatic rings.